The van der Waals surface area contributed by atoms with Crippen molar-refractivity contribution in [3.8, 4) is 11.5 Å². The van der Waals surface area contributed by atoms with E-state index in [-0.39, 0.29) is 5.54 Å². The molecule has 0 spiro atoms. The molecule has 3 heteroatoms. The van der Waals surface area contributed by atoms with Crippen LogP contribution >= 0.6 is 0 Å². The maximum Gasteiger partial charge on any atom is 0.130 e. The van der Waals surface area contributed by atoms with Crippen molar-refractivity contribution in [1.29, 1.82) is 0 Å². The Bertz CT molecular complexity index is 615. The number of pyridine rings is 1. The number of aryl methyl sites for hydroxylation is 2. The second-order valence-electron chi connectivity index (χ2n) is 6.43. The molecule has 0 amide bonds. The van der Waals surface area contributed by atoms with Crippen LogP contribution in [0.3, 0.4) is 0 Å². The van der Waals surface area contributed by atoms with Gasteiger partial charge >= 0.3 is 0 Å². The van der Waals surface area contributed by atoms with Crippen LogP contribution < -0.4 is 10.1 Å². The lowest BCUT2D eigenvalue weighted by molar-refractivity contribution is 0.419. The molecule has 0 aliphatic heterocycles. The summed E-state index contributed by atoms with van der Waals surface area (Å²) in [7, 11) is 0. The molecule has 1 aromatic heterocycles. The molecule has 0 aliphatic rings. The smallest absolute Gasteiger partial charge is 0.130 e. The molecule has 0 unspecified atom stereocenters. The maximum atomic E-state index is 5.92. The summed E-state index contributed by atoms with van der Waals surface area (Å²) in [6.07, 6.45) is 1.79. The molecule has 0 fully saturated rings. The Kier molecular flexibility index (Phi) is 4.63. The summed E-state index contributed by atoms with van der Waals surface area (Å²) in [5.74, 6) is 1.68. The summed E-state index contributed by atoms with van der Waals surface area (Å²) in [5.41, 5.74) is 3.56. The molecule has 0 atom stereocenters. The molecular weight excluding hydrogens is 260 g/mol. The summed E-state index contributed by atoms with van der Waals surface area (Å²) < 4.78 is 5.92. The van der Waals surface area contributed by atoms with Crippen LogP contribution in [-0.2, 0) is 6.54 Å². The molecule has 3 nitrogen and oxygen atoms in total. The van der Waals surface area contributed by atoms with Crippen LogP contribution in [0.15, 0.2) is 36.5 Å². The lowest BCUT2D eigenvalue weighted by Gasteiger charge is -2.20. The first-order valence-corrected chi connectivity index (χ1v) is 7.28. The molecule has 0 aliphatic carbocycles. The van der Waals surface area contributed by atoms with Gasteiger partial charge in [-0.15, -0.1) is 0 Å². The zero-order valence-electron chi connectivity index (χ0n) is 13.5. The van der Waals surface area contributed by atoms with Crippen molar-refractivity contribution in [2.45, 2.75) is 46.7 Å². The summed E-state index contributed by atoms with van der Waals surface area (Å²) in [5, 5.41) is 3.43. The maximum absolute atomic E-state index is 5.92. The third-order valence-corrected chi connectivity index (χ3v) is 3.30. The average Bonchev–Trinajstić information content (AvgIpc) is 2.40. The minimum atomic E-state index is 0.0760. The number of benzene rings is 1. The van der Waals surface area contributed by atoms with E-state index in [1.54, 1.807) is 6.20 Å². The SMILES string of the molecule is Cc1ccc(Oc2ccnc(CNC(C)(C)C)c2)cc1C. The quantitative estimate of drug-likeness (QED) is 0.904. The van der Waals surface area contributed by atoms with Crippen molar-refractivity contribution in [3.63, 3.8) is 0 Å². The molecule has 112 valence electrons. The molecule has 0 bridgehead atoms. The normalized spacial score (nSPS) is 11.5. The Hall–Kier alpha value is -1.87. The van der Waals surface area contributed by atoms with E-state index >= 15 is 0 Å². The predicted molar refractivity (Wildman–Crippen MR) is 86.8 cm³/mol. The number of rotatable bonds is 4. The van der Waals surface area contributed by atoms with Crippen molar-refractivity contribution in [2.24, 2.45) is 0 Å². The fourth-order valence-corrected chi connectivity index (χ4v) is 1.89. The van der Waals surface area contributed by atoms with E-state index in [9.17, 15) is 0 Å². The number of nitrogens with one attached hydrogen (secondary N) is 1. The van der Waals surface area contributed by atoms with E-state index in [0.29, 0.717) is 0 Å². The van der Waals surface area contributed by atoms with Crippen LogP contribution in [0.2, 0.25) is 0 Å². The minimum Gasteiger partial charge on any atom is -0.457 e. The van der Waals surface area contributed by atoms with Gasteiger partial charge in [-0.2, -0.15) is 0 Å². The number of hydrogen-bond acceptors (Lipinski definition) is 3. The highest BCUT2D eigenvalue weighted by Crippen LogP contribution is 2.23. The minimum absolute atomic E-state index is 0.0760. The van der Waals surface area contributed by atoms with Gasteiger partial charge in [0, 0.05) is 24.3 Å². The summed E-state index contributed by atoms with van der Waals surface area (Å²) in [6, 6.07) is 10.00. The van der Waals surface area contributed by atoms with Gasteiger partial charge in [-0.25, -0.2) is 0 Å². The lowest BCUT2D eigenvalue weighted by Crippen LogP contribution is -2.35. The predicted octanol–water partition coefficient (Wildman–Crippen LogP) is 4.38. The molecule has 2 rings (SSSR count). The van der Waals surface area contributed by atoms with E-state index < -0.39 is 0 Å². The first kappa shape index (κ1) is 15.5. The Balaban J connectivity index is 2.08. The van der Waals surface area contributed by atoms with Crippen LogP contribution in [0.5, 0.6) is 11.5 Å². The Morgan fingerprint density at radius 2 is 1.71 bits per heavy atom. The van der Waals surface area contributed by atoms with Crippen LogP contribution in [-0.4, -0.2) is 10.5 Å². The van der Waals surface area contributed by atoms with Crippen LogP contribution in [0.25, 0.3) is 0 Å². The highest BCUT2D eigenvalue weighted by molar-refractivity contribution is 5.37. The zero-order chi connectivity index (χ0) is 15.5. The molecule has 0 saturated carbocycles. The monoisotopic (exact) mass is 284 g/mol. The van der Waals surface area contributed by atoms with E-state index in [0.717, 1.165) is 23.7 Å². The second-order valence-corrected chi connectivity index (χ2v) is 6.43. The van der Waals surface area contributed by atoms with Crippen molar-refractivity contribution < 1.29 is 4.74 Å². The van der Waals surface area contributed by atoms with E-state index in [4.69, 9.17) is 4.74 Å². The van der Waals surface area contributed by atoms with Gasteiger partial charge in [0.05, 0.1) is 5.69 Å². The highest BCUT2D eigenvalue weighted by Gasteiger charge is 2.09. The van der Waals surface area contributed by atoms with Gasteiger partial charge in [0.25, 0.3) is 0 Å². The van der Waals surface area contributed by atoms with E-state index in [2.05, 4.69) is 57.1 Å². The highest BCUT2D eigenvalue weighted by atomic mass is 16.5. The number of ether oxygens (including phenoxy) is 1. The van der Waals surface area contributed by atoms with Crippen molar-refractivity contribution in [1.82, 2.24) is 10.3 Å². The Morgan fingerprint density at radius 1 is 1.00 bits per heavy atom. The van der Waals surface area contributed by atoms with Crippen LogP contribution in [0, 0.1) is 13.8 Å². The summed E-state index contributed by atoms with van der Waals surface area (Å²) in [4.78, 5) is 4.37. The van der Waals surface area contributed by atoms with E-state index in [1.807, 2.05) is 18.2 Å². The molecule has 0 saturated heterocycles. The summed E-state index contributed by atoms with van der Waals surface area (Å²) >= 11 is 0. The van der Waals surface area contributed by atoms with Gasteiger partial charge in [-0.05, 0) is 63.9 Å². The van der Waals surface area contributed by atoms with Crippen LogP contribution in [0.1, 0.15) is 37.6 Å². The lowest BCUT2D eigenvalue weighted by atomic mass is 10.1. The van der Waals surface area contributed by atoms with Gasteiger partial charge in [-0.1, -0.05) is 6.07 Å². The van der Waals surface area contributed by atoms with Crippen LogP contribution in [0.4, 0.5) is 0 Å². The third kappa shape index (κ3) is 4.87. The third-order valence-electron chi connectivity index (χ3n) is 3.30. The van der Waals surface area contributed by atoms with Gasteiger partial charge in [0.1, 0.15) is 11.5 Å². The number of aromatic nitrogens is 1. The van der Waals surface area contributed by atoms with E-state index in [1.165, 1.54) is 11.1 Å². The zero-order valence-corrected chi connectivity index (χ0v) is 13.5. The first-order valence-electron chi connectivity index (χ1n) is 7.28. The summed E-state index contributed by atoms with van der Waals surface area (Å²) in [6.45, 7) is 11.3. The molecule has 2 aromatic rings. The fourth-order valence-electron chi connectivity index (χ4n) is 1.89. The molecule has 1 aromatic carbocycles. The molecule has 21 heavy (non-hydrogen) atoms. The average molecular weight is 284 g/mol. The largest absolute Gasteiger partial charge is 0.457 e. The van der Waals surface area contributed by atoms with Crippen molar-refractivity contribution >= 4 is 0 Å². The molecule has 0 radical (unpaired) electrons. The second kappa shape index (κ2) is 6.27. The van der Waals surface area contributed by atoms with Gasteiger partial charge in [0.15, 0.2) is 0 Å². The molecule has 1 heterocycles. The topological polar surface area (TPSA) is 34.1 Å². The Labute approximate surface area is 127 Å². The molecule has 1 N–H and O–H groups in total. The number of hydrogen-bond donors (Lipinski definition) is 1. The van der Waals surface area contributed by atoms with Gasteiger partial charge in [-0.3, -0.25) is 4.98 Å². The van der Waals surface area contributed by atoms with Gasteiger partial charge < -0.3 is 10.1 Å². The Morgan fingerprint density at radius 3 is 2.38 bits per heavy atom. The standard InChI is InChI=1S/C18H24N2O/c1-13-6-7-16(10-14(13)2)21-17-8-9-19-15(11-17)12-20-18(3,4)5/h6-11,20H,12H2,1-5H3. The van der Waals surface area contributed by atoms with Crippen molar-refractivity contribution in [2.75, 3.05) is 0 Å². The first-order chi connectivity index (χ1) is 9.83. The fraction of sp³-hybridized carbons (Fsp3) is 0.389. The number of nitrogens with zero attached hydrogens (tertiary/aromatic N) is 1. The van der Waals surface area contributed by atoms with Gasteiger partial charge in [0.2, 0.25) is 0 Å². The van der Waals surface area contributed by atoms with Crippen molar-refractivity contribution in [3.05, 3.63) is 53.3 Å². The molecular formula is C18H24N2O.